The SMILES string of the molecule is CC1CCN(c2cc3c(cc2Cl)nc(Cc2cc(CNS(=O)C(C)(C)C)ccc2C(F)(F)F)n3C)CC1. The number of aryl methyl sites for hydroxylation is 1. The third-order valence-electron chi connectivity index (χ3n) is 6.95. The van der Waals surface area contributed by atoms with Crippen LogP contribution in [0, 0.1) is 5.92 Å². The molecule has 3 aromatic rings. The van der Waals surface area contributed by atoms with Gasteiger partial charge in [0.05, 0.1) is 43.0 Å². The number of nitrogens with one attached hydrogen (secondary N) is 1. The number of imidazole rings is 1. The molecule has 0 amide bonds. The average Bonchev–Trinajstić information content (AvgIpc) is 3.10. The van der Waals surface area contributed by atoms with Gasteiger partial charge >= 0.3 is 6.18 Å². The van der Waals surface area contributed by atoms with Gasteiger partial charge in [-0.1, -0.05) is 30.7 Å². The standard InChI is InChI=1S/C27H34ClF3N4OS/c1-17-8-10-35(11-9-17)23-15-24-22(14-21(23)28)33-25(34(24)5)13-19-12-18(6-7-20(19)27(29,30)31)16-32-37(36)26(2,3)4/h6-7,12,14-15,17,32H,8-11,13,16H2,1-5H3. The molecule has 37 heavy (non-hydrogen) atoms. The van der Waals surface area contributed by atoms with Crippen molar-refractivity contribution >= 4 is 39.3 Å². The van der Waals surface area contributed by atoms with Gasteiger partial charge in [0.15, 0.2) is 0 Å². The first kappa shape index (κ1) is 27.9. The highest BCUT2D eigenvalue weighted by Gasteiger charge is 2.34. The van der Waals surface area contributed by atoms with E-state index in [-0.39, 0.29) is 18.5 Å². The van der Waals surface area contributed by atoms with Crippen molar-refractivity contribution in [2.45, 2.75) is 64.4 Å². The van der Waals surface area contributed by atoms with Crippen LogP contribution in [-0.4, -0.2) is 31.6 Å². The Morgan fingerprint density at radius 3 is 2.43 bits per heavy atom. The Labute approximate surface area is 224 Å². The van der Waals surface area contributed by atoms with Gasteiger partial charge in [0.1, 0.15) is 5.82 Å². The van der Waals surface area contributed by atoms with Gasteiger partial charge in [-0.05, 0) is 68.9 Å². The highest BCUT2D eigenvalue weighted by molar-refractivity contribution is 7.84. The molecular formula is C27H34ClF3N4OS. The maximum atomic E-state index is 13.9. The number of anilines is 1. The molecule has 5 nitrogen and oxygen atoms in total. The molecular weight excluding hydrogens is 521 g/mol. The van der Waals surface area contributed by atoms with E-state index in [0.717, 1.165) is 43.2 Å². The van der Waals surface area contributed by atoms with Crippen LogP contribution in [0.3, 0.4) is 0 Å². The topological polar surface area (TPSA) is 50.2 Å². The summed E-state index contributed by atoms with van der Waals surface area (Å²) >= 11 is 6.62. The first-order valence-electron chi connectivity index (χ1n) is 12.5. The third kappa shape index (κ3) is 6.32. The summed E-state index contributed by atoms with van der Waals surface area (Å²) in [6.45, 7) is 9.81. The molecule has 1 N–H and O–H groups in total. The van der Waals surface area contributed by atoms with E-state index in [2.05, 4.69) is 21.5 Å². The van der Waals surface area contributed by atoms with Crippen LogP contribution in [0.2, 0.25) is 5.02 Å². The maximum absolute atomic E-state index is 13.9. The summed E-state index contributed by atoms with van der Waals surface area (Å²) < 4.78 is 58.3. The molecule has 4 rings (SSSR count). The molecule has 0 bridgehead atoms. The summed E-state index contributed by atoms with van der Waals surface area (Å²) in [5.74, 6) is 1.20. The number of halogens is 4. The van der Waals surface area contributed by atoms with E-state index in [0.29, 0.717) is 27.8 Å². The van der Waals surface area contributed by atoms with Crippen LogP contribution in [0.25, 0.3) is 11.0 Å². The molecule has 1 atom stereocenters. The van der Waals surface area contributed by atoms with Gasteiger partial charge in [-0.2, -0.15) is 13.2 Å². The summed E-state index contributed by atoms with van der Waals surface area (Å²) in [5, 5.41) is 0.600. The van der Waals surface area contributed by atoms with Crippen molar-refractivity contribution in [3.8, 4) is 0 Å². The van der Waals surface area contributed by atoms with Crippen molar-refractivity contribution < 1.29 is 17.4 Å². The van der Waals surface area contributed by atoms with Gasteiger partial charge in [-0.25, -0.2) is 13.9 Å². The number of alkyl halides is 3. The number of fused-ring (bicyclic) bond motifs is 1. The largest absolute Gasteiger partial charge is 0.416 e. The highest BCUT2D eigenvalue weighted by atomic mass is 35.5. The Kier molecular flexibility index (Phi) is 7.98. The van der Waals surface area contributed by atoms with Crippen LogP contribution in [0.15, 0.2) is 30.3 Å². The van der Waals surface area contributed by atoms with E-state index in [1.54, 1.807) is 6.07 Å². The van der Waals surface area contributed by atoms with Gasteiger partial charge < -0.3 is 9.47 Å². The monoisotopic (exact) mass is 554 g/mol. The summed E-state index contributed by atoms with van der Waals surface area (Å²) in [5.41, 5.74) is 2.49. The maximum Gasteiger partial charge on any atom is 0.416 e. The quantitative estimate of drug-likeness (QED) is 0.372. The predicted octanol–water partition coefficient (Wildman–Crippen LogP) is 6.62. The average molecular weight is 555 g/mol. The fourth-order valence-corrected chi connectivity index (χ4v) is 5.63. The van der Waals surface area contributed by atoms with Crippen LogP contribution >= 0.6 is 11.6 Å². The highest BCUT2D eigenvalue weighted by Crippen LogP contribution is 2.36. The fourth-order valence-electron chi connectivity index (χ4n) is 4.62. The molecule has 10 heteroatoms. The van der Waals surface area contributed by atoms with E-state index in [4.69, 9.17) is 11.6 Å². The molecule has 1 aliphatic heterocycles. The lowest BCUT2D eigenvalue weighted by atomic mass is 9.99. The van der Waals surface area contributed by atoms with Crippen molar-refractivity contribution in [3.05, 3.63) is 57.9 Å². The molecule has 2 heterocycles. The van der Waals surface area contributed by atoms with Crippen molar-refractivity contribution in [1.29, 1.82) is 0 Å². The van der Waals surface area contributed by atoms with Gasteiger partial charge in [0, 0.05) is 33.1 Å². The zero-order chi connectivity index (χ0) is 27.1. The summed E-state index contributed by atoms with van der Waals surface area (Å²) in [4.78, 5) is 6.93. The predicted molar refractivity (Wildman–Crippen MR) is 145 cm³/mol. The second-order valence-corrected chi connectivity index (χ2v) is 13.4. The summed E-state index contributed by atoms with van der Waals surface area (Å²) in [7, 11) is 0.492. The molecule has 1 aliphatic rings. The van der Waals surface area contributed by atoms with Gasteiger partial charge in [-0.15, -0.1) is 0 Å². The number of nitrogens with zero attached hydrogens (tertiary/aromatic N) is 3. The van der Waals surface area contributed by atoms with Crippen molar-refractivity contribution in [3.63, 3.8) is 0 Å². The van der Waals surface area contributed by atoms with Crippen LogP contribution in [0.1, 0.15) is 63.1 Å². The van der Waals surface area contributed by atoms with Crippen LogP contribution < -0.4 is 9.62 Å². The Balaban J connectivity index is 1.66. The van der Waals surface area contributed by atoms with E-state index < -0.39 is 27.5 Å². The minimum absolute atomic E-state index is 0.00437. The molecule has 0 saturated carbocycles. The molecule has 1 unspecified atom stereocenters. The van der Waals surface area contributed by atoms with E-state index >= 15 is 0 Å². The number of benzene rings is 2. The Hall–Kier alpha value is -2.10. The second kappa shape index (κ2) is 10.6. The molecule has 1 fully saturated rings. The fraction of sp³-hybridized carbons (Fsp3) is 0.519. The zero-order valence-corrected chi connectivity index (χ0v) is 23.4. The summed E-state index contributed by atoms with van der Waals surface area (Å²) in [6.07, 6.45) is -2.30. The van der Waals surface area contributed by atoms with Gasteiger partial charge in [0.25, 0.3) is 0 Å². The number of piperidine rings is 1. The second-order valence-electron chi connectivity index (χ2n) is 10.9. The van der Waals surface area contributed by atoms with Crippen molar-refractivity contribution in [2.75, 3.05) is 18.0 Å². The van der Waals surface area contributed by atoms with Crippen LogP contribution in [0.4, 0.5) is 18.9 Å². The van der Waals surface area contributed by atoms with Crippen molar-refractivity contribution in [2.24, 2.45) is 13.0 Å². The minimum Gasteiger partial charge on any atom is -0.370 e. The smallest absolute Gasteiger partial charge is 0.370 e. The van der Waals surface area contributed by atoms with E-state index in [9.17, 15) is 17.4 Å². The summed E-state index contributed by atoms with van der Waals surface area (Å²) in [6, 6.07) is 7.86. The molecule has 1 saturated heterocycles. The number of hydrogen-bond donors (Lipinski definition) is 1. The van der Waals surface area contributed by atoms with E-state index in [1.165, 1.54) is 12.1 Å². The van der Waals surface area contributed by atoms with E-state index in [1.807, 2.05) is 38.5 Å². The van der Waals surface area contributed by atoms with Crippen molar-refractivity contribution in [1.82, 2.24) is 14.3 Å². The molecule has 1 aromatic heterocycles. The molecule has 202 valence electrons. The third-order valence-corrected chi connectivity index (χ3v) is 8.78. The van der Waals surface area contributed by atoms with Crippen LogP contribution in [-0.2, 0) is 37.2 Å². The lowest BCUT2D eigenvalue weighted by molar-refractivity contribution is -0.138. The van der Waals surface area contributed by atoms with Gasteiger partial charge in [-0.3, -0.25) is 0 Å². The number of aromatic nitrogens is 2. The molecule has 0 radical (unpaired) electrons. The first-order valence-corrected chi connectivity index (χ1v) is 14.0. The Morgan fingerprint density at radius 1 is 1.14 bits per heavy atom. The van der Waals surface area contributed by atoms with Gasteiger partial charge in [0.2, 0.25) is 0 Å². The number of rotatable bonds is 6. The van der Waals surface area contributed by atoms with Crippen LogP contribution in [0.5, 0.6) is 0 Å². The first-order chi connectivity index (χ1) is 17.2. The normalized spacial score (nSPS) is 16.5. The lowest BCUT2D eigenvalue weighted by Crippen LogP contribution is -2.32. The lowest BCUT2D eigenvalue weighted by Gasteiger charge is -2.32. The minimum atomic E-state index is -4.50. The number of hydrogen-bond acceptors (Lipinski definition) is 3. The zero-order valence-electron chi connectivity index (χ0n) is 21.9. The molecule has 2 aromatic carbocycles. The Morgan fingerprint density at radius 2 is 1.81 bits per heavy atom. The molecule has 0 spiro atoms. The Bertz CT molecular complexity index is 1310. The molecule has 0 aliphatic carbocycles.